The third kappa shape index (κ3) is 5.30. The molecule has 0 aromatic heterocycles. The summed E-state index contributed by atoms with van der Waals surface area (Å²) in [5, 5.41) is 3.65. The molecule has 0 radical (unpaired) electrons. The molecule has 3 nitrogen and oxygen atoms in total. The average molecular weight is 324 g/mol. The highest BCUT2D eigenvalue weighted by atomic mass is 35.5. The molecule has 0 unspecified atom stereocenters. The number of benzene rings is 2. The number of methoxy groups -OCH3 is 1. The Bertz CT molecular complexity index is 590. The third-order valence-corrected chi connectivity index (χ3v) is 3.50. The van der Waals surface area contributed by atoms with Crippen LogP contribution in [0.4, 0.5) is 4.39 Å². The van der Waals surface area contributed by atoms with E-state index in [1.807, 2.05) is 24.3 Å². The maximum Gasteiger partial charge on any atom is 0.124 e. The summed E-state index contributed by atoms with van der Waals surface area (Å²) < 4.78 is 23.6. The van der Waals surface area contributed by atoms with Crippen LogP contribution in [0, 0.1) is 5.82 Å². The lowest BCUT2D eigenvalue weighted by Crippen LogP contribution is -2.18. The predicted molar refractivity (Wildman–Crippen MR) is 85.8 cm³/mol. The van der Waals surface area contributed by atoms with Crippen molar-refractivity contribution in [1.82, 2.24) is 5.32 Å². The molecule has 118 valence electrons. The molecule has 0 aliphatic rings. The minimum atomic E-state index is -0.348. The summed E-state index contributed by atoms with van der Waals surface area (Å²) in [5.74, 6) is 0.403. The molecular weight excluding hydrogens is 305 g/mol. The smallest absolute Gasteiger partial charge is 0.124 e. The van der Waals surface area contributed by atoms with E-state index in [9.17, 15) is 4.39 Å². The van der Waals surface area contributed by atoms with Gasteiger partial charge in [-0.1, -0.05) is 29.8 Å². The molecular formula is C17H19ClFNO2. The van der Waals surface area contributed by atoms with Crippen LogP contribution in [0.3, 0.4) is 0 Å². The lowest BCUT2D eigenvalue weighted by Gasteiger charge is -2.09. The summed E-state index contributed by atoms with van der Waals surface area (Å²) in [5.41, 5.74) is 1.93. The predicted octanol–water partition coefficient (Wildman–Crippen LogP) is 3.79. The number of hydrogen-bond acceptors (Lipinski definition) is 3. The first-order chi connectivity index (χ1) is 10.7. The van der Waals surface area contributed by atoms with Crippen LogP contribution in [0.15, 0.2) is 42.5 Å². The van der Waals surface area contributed by atoms with Crippen molar-refractivity contribution in [3.63, 3.8) is 0 Å². The minimum absolute atomic E-state index is 0.310. The van der Waals surface area contributed by atoms with Crippen molar-refractivity contribution < 1.29 is 13.9 Å². The van der Waals surface area contributed by atoms with E-state index in [2.05, 4.69) is 5.32 Å². The van der Waals surface area contributed by atoms with Gasteiger partial charge in [0.1, 0.15) is 18.2 Å². The van der Waals surface area contributed by atoms with Crippen molar-refractivity contribution in [1.29, 1.82) is 0 Å². The molecule has 2 rings (SSSR count). The van der Waals surface area contributed by atoms with Crippen molar-refractivity contribution in [2.75, 3.05) is 20.3 Å². The van der Waals surface area contributed by atoms with Crippen LogP contribution in [-0.4, -0.2) is 20.3 Å². The Balaban J connectivity index is 1.83. The second-order valence-electron chi connectivity index (χ2n) is 4.84. The van der Waals surface area contributed by atoms with Crippen molar-refractivity contribution in [3.05, 3.63) is 64.4 Å². The van der Waals surface area contributed by atoms with Crippen molar-refractivity contribution in [2.24, 2.45) is 0 Å². The van der Waals surface area contributed by atoms with Crippen molar-refractivity contribution in [3.8, 4) is 5.75 Å². The molecule has 1 N–H and O–H groups in total. The van der Waals surface area contributed by atoms with Gasteiger partial charge in [0, 0.05) is 25.8 Å². The van der Waals surface area contributed by atoms with Crippen LogP contribution >= 0.6 is 11.6 Å². The van der Waals surface area contributed by atoms with Crippen LogP contribution in [0.1, 0.15) is 11.1 Å². The average Bonchev–Trinajstić information content (AvgIpc) is 2.52. The highest BCUT2D eigenvalue weighted by Gasteiger charge is 2.03. The lowest BCUT2D eigenvalue weighted by molar-refractivity contribution is 0.199. The summed E-state index contributed by atoms with van der Waals surface area (Å²) >= 11 is 5.97. The van der Waals surface area contributed by atoms with E-state index < -0.39 is 0 Å². The highest BCUT2D eigenvalue weighted by Crippen LogP contribution is 2.20. The van der Waals surface area contributed by atoms with Gasteiger partial charge in [0.05, 0.1) is 11.6 Å². The van der Waals surface area contributed by atoms with Gasteiger partial charge in [0.15, 0.2) is 0 Å². The van der Waals surface area contributed by atoms with E-state index in [1.165, 1.54) is 17.7 Å². The van der Waals surface area contributed by atoms with Gasteiger partial charge in [-0.2, -0.15) is 0 Å². The standard InChI is InChI=1S/C17H19ClFNO2/c1-21-9-8-20-11-13-2-6-16(7-3-13)22-12-14-4-5-15(19)10-17(14)18/h2-7,10,20H,8-9,11-12H2,1H3. The highest BCUT2D eigenvalue weighted by molar-refractivity contribution is 6.31. The monoisotopic (exact) mass is 323 g/mol. The van der Waals surface area contributed by atoms with Gasteiger partial charge in [0.2, 0.25) is 0 Å². The SMILES string of the molecule is COCCNCc1ccc(OCc2ccc(F)cc2Cl)cc1. The van der Waals surface area contributed by atoms with Crippen LogP contribution in [0.5, 0.6) is 5.75 Å². The van der Waals surface area contributed by atoms with Crippen molar-refractivity contribution >= 4 is 11.6 Å². The number of halogens is 2. The summed E-state index contributed by atoms with van der Waals surface area (Å²) in [6.45, 7) is 2.61. The lowest BCUT2D eigenvalue weighted by atomic mass is 10.2. The second kappa shape index (κ2) is 8.73. The molecule has 0 bridgehead atoms. The van der Waals surface area contributed by atoms with Crippen LogP contribution < -0.4 is 10.1 Å². The van der Waals surface area contributed by atoms with Crippen LogP contribution in [0.25, 0.3) is 0 Å². The van der Waals surface area contributed by atoms with Gasteiger partial charge in [-0.15, -0.1) is 0 Å². The fourth-order valence-electron chi connectivity index (χ4n) is 1.91. The molecule has 0 saturated heterocycles. The van der Waals surface area contributed by atoms with Gasteiger partial charge in [-0.05, 0) is 29.8 Å². The Labute approximate surface area is 135 Å². The van der Waals surface area contributed by atoms with E-state index in [0.29, 0.717) is 18.2 Å². The number of nitrogens with one attached hydrogen (secondary N) is 1. The van der Waals surface area contributed by atoms with E-state index in [0.717, 1.165) is 24.4 Å². The Morgan fingerprint density at radius 1 is 1.14 bits per heavy atom. The van der Waals surface area contributed by atoms with Gasteiger partial charge < -0.3 is 14.8 Å². The first-order valence-corrected chi connectivity index (χ1v) is 7.42. The maximum absolute atomic E-state index is 13.0. The van der Waals surface area contributed by atoms with Crippen molar-refractivity contribution in [2.45, 2.75) is 13.2 Å². The van der Waals surface area contributed by atoms with Gasteiger partial charge >= 0.3 is 0 Å². The first-order valence-electron chi connectivity index (χ1n) is 7.04. The Morgan fingerprint density at radius 3 is 2.59 bits per heavy atom. The Kier molecular flexibility index (Phi) is 6.65. The molecule has 0 fully saturated rings. The molecule has 0 heterocycles. The molecule has 0 aliphatic heterocycles. The van der Waals surface area contributed by atoms with Crippen LogP contribution in [-0.2, 0) is 17.9 Å². The summed E-state index contributed by atoms with van der Waals surface area (Å²) in [6, 6.07) is 12.1. The number of hydrogen-bond donors (Lipinski definition) is 1. The molecule has 0 amide bonds. The van der Waals surface area contributed by atoms with E-state index >= 15 is 0 Å². The van der Waals surface area contributed by atoms with E-state index in [1.54, 1.807) is 13.2 Å². The molecule has 2 aromatic carbocycles. The number of ether oxygens (including phenoxy) is 2. The maximum atomic E-state index is 13.0. The van der Waals surface area contributed by atoms with E-state index in [4.69, 9.17) is 21.1 Å². The summed E-state index contributed by atoms with van der Waals surface area (Å²) in [7, 11) is 1.68. The molecule has 0 spiro atoms. The largest absolute Gasteiger partial charge is 0.489 e. The fourth-order valence-corrected chi connectivity index (χ4v) is 2.13. The zero-order chi connectivity index (χ0) is 15.8. The second-order valence-corrected chi connectivity index (χ2v) is 5.25. The van der Waals surface area contributed by atoms with Gasteiger partial charge in [-0.3, -0.25) is 0 Å². The molecule has 5 heteroatoms. The molecule has 22 heavy (non-hydrogen) atoms. The number of rotatable bonds is 8. The summed E-state index contributed by atoms with van der Waals surface area (Å²) in [4.78, 5) is 0. The normalized spacial score (nSPS) is 10.7. The molecule has 2 aromatic rings. The third-order valence-electron chi connectivity index (χ3n) is 3.14. The van der Waals surface area contributed by atoms with E-state index in [-0.39, 0.29) is 5.82 Å². The Morgan fingerprint density at radius 2 is 1.91 bits per heavy atom. The first kappa shape index (κ1) is 16.7. The molecule has 0 saturated carbocycles. The quantitative estimate of drug-likeness (QED) is 0.750. The molecule has 0 aliphatic carbocycles. The Hall–Kier alpha value is -1.62. The zero-order valence-corrected chi connectivity index (χ0v) is 13.2. The topological polar surface area (TPSA) is 30.5 Å². The van der Waals surface area contributed by atoms with Gasteiger partial charge in [-0.25, -0.2) is 4.39 Å². The summed E-state index contributed by atoms with van der Waals surface area (Å²) in [6.07, 6.45) is 0. The minimum Gasteiger partial charge on any atom is -0.489 e. The van der Waals surface area contributed by atoms with Crippen LogP contribution in [0.2, 0.25) is 5.02 Å². The zero-order valence-electron chi connectivity index (χ0n) is 12.4. The fraction of sp³-hybridized carbons (Fsp3) is 0.294. The molecule has 0 atom stereocenters. The van der Waals surface area contributed by atoms with Gasteiger partial charge in [0.25, 0.3) is 0 Å².